The molecule has 0 spiro atoms. The molecule has 0 atom stereocenters. The Hall–Kier alpha value is -0.970. The summed E-state index contributed by atoms with van der Waals surface area (Å²) in [4.78, 5) is 11.6. The van der Waals surface area contributed by atoms with Crippen LogP contribution >= 0.6 is 11.8 Å². The average molecular weight is 280 g/mol. The molecule has 0 bridgehead atoms. The minimum atomic E-state index is 0.594. The predicted molar refractivity (Wildman–Crippen MR) is 84.4 cm³/mol. The van der Waals surface area contributed by atoms with E-state index in [0.717, 1.165) is 42.7 Å². The number of nitrogens with one attached hydrogen (secondary N) is 1. The highest BCUT2D eigenvalue weighted by Gasteiger charge is 2.27. The normalized spacial score (nSPS) is 14.5. The Balaban J connectivity index is 2.13. The molecule has 1 saturated carbocycles. The van der Waals surface area contributed by atoms with Gasteiger partial charge in [0.15, 0.2) is 0 Å². The van der Waals surface area contributed by atoms with Crippen molar-refractivity contribution in [1.82, 2.24) is 9.97 Å². The maximum absolute atomic E-state index is 4.72. The van der Waals surface area contributed by atoms with Crippen LogP contribution in [-0.2, 0) is 0 Å². The Morgan fingerprint density at radius 3 is 2.84 bits per heavy atom. The highest BCUT2D eigenvalue weighted by Crippen LogP contribution is 2.39. The minimum absolute atomic E-state index is 0.594. The second-order valence-electron chi connectivity index (χ2n) is 5.08. The van der Waals surface area contributed by atoms with Crippen molar-refractivity contribution in [2.24, 2.45) is 0 Å². The first kappa shape index (κ1) is 14.4. The van der Waals surface area contributed by atoms with Crippen molar-refractivity contribution in [3.8, 4) is 0 Å². The Bertz CT molecular complexity index is 406. The highest BCUT2D eigenvalue weighted by molar-refractivity contribution is 7.98. The minimum Gasteiger partial charge on any atom is -0.370 e. The molecule has 1 aromatic rings. The van der Waals surface area contributed by atoms with E-state index < -0.39 is 0 Å². The van der Waals surface area contributed by atoms with Crippen LogP contribution in [0.3, 0.4) is 0 Å². The second-order valence-corrected chi connectivity index (χ2v) is 6.07. The van der Waals surface area contributed by atoms with Crippen LogP contribution in [0.15, 0.2) is 6.07 Å². The van der Waals surface area contributed by atoms with Gasteiger partial charge in [-0.05, 0) is 25.5 Å². The number of rotatable bonds is 8. The summed E-state index contributed by atoms with van der Waals surface area (Å²) < 4.78 is 0. The lowest BCUT2D eigenvalue weighted by Crippen LogP contribution is -2.22. The number of hydrogen-bond acceptors (Lipinski definition) is 5. The van der Waals surface area contributed by atoms with Gasteiger partial charge >= 0.3 is 0 Å². The molecule has 0 unspecified atom stereocenters. The zero-order valence-electron chi connectivity index (χ0n) is 12.1. The second kappa shape index (κ2) is 6.98. The van der Waals surface area contributed by atoms with Crippen molar-refractivity contribution in [2.75, 3.05) is 42.4 Å². The fourth-order valence-corrected chi connectivity index (χ4v) is 2.32. The van der Waals surface area contributed by atoms with Crippen LogP contribution in [0.2, 0.25) is 0 Å². The monoisotopic (exact) mass is 280 g/mol. The van der Waals surface area contributed by atoms with Gasteiger partial charge in [-0.2, -0.15) is 11.8 Å². The van der Waals surface area contributed by atoms with Crippen molar-refractivity contribution in [3.05, 3.63) is 11.9 Å². The Morgan fingerprint density at radius 2 is 2.21 bits per heavy atom. The molecule has 4 nitrogen and oxygen atoms in total. The molecule has 106 valence electrons. The maximum atomic E-state index is 4.72. The Morgan fingerprint density at radius 1 is 1.42 bits per heavy atom. The smallest absolute Gasteiger partial charge is 0.136 e. The molecule has 1 aromatic heterocycles. The lowest BCUT2D eigenvalue weighted by atomic mass is 10.3. The number of anilines is 2. The van der Waals surface area contributed by atoms with Crippen LogP contribution < -0.4 is 10.2 Å². The molecule has 0 saturated heterocycles. The van der Waals surface area contributed by atoms with E-state index in [1.54, 1.807) is 0 Å². The molecule has 1 aliphatic rings. The first-order chi connectivity index (χ1) is 9.24. The first-order valence-electron chi connectivity index (χ1n) is 7.07. The van der Waals surface area contributed by atoms with Crippen LogP contribution in [0, 0.1) is 0 Å². The molecule has 1 aliphatic carbocycles. The summed E-state index contributed by atoms with van der Waals surface area (Å²) in [6, 6.07) is 2.07. The van der Waals surface area contributed by atoms with Crippen molar-refractivity contribution in [2.45, 2.75) is 32.1 Å². The molecule has 5 heteroatoms. The number of aromatic nitrogens is 2. The van der Waals surface area contributed by atoms with Gasteiger partial charge in [0.05, 0.1) is 0 Å². The van der Waals surface area contributed by atoms with E-state index in [4.69, 9.17) is 4.98 Å². The summed E-state index contributed by atoms with van der Waals surface area (Å²) in [5.74, 6) is 4.76. The third kappa shape index (κ3) is 4.27. The first-order valence-corrected chi connectivity index (χ1v) is 8.47. The Kier molecular flexibility index (Phi) is 5.31. The van der Waals surface area contributed by atoms with Gasteiger partial charge in [0.1, 0.15) is 17.5 Å². The molecular weight excluding hydrogens is 256 g/mol. The quantitative estimate of drug-likeness (QED) is 0.793. The third-order valence-corrected chi connectivity index (χ3v) is 3.84. The molecule has 19 heavy (non-hydrogen) atoms. The van der Waals surface area contributed by atoms with Gasteiger partial charge in [0.2, 0.25) is 0 Å². The van der Waals surface area contributed by atoms with E-state index in [2.05, 4.69) is 41.5 Å². The van der Waals surface area contributed by atoms with Crippen molar-refractivity contribution in [1.29, 1.82) is 0 Å². The molecule has 1 N–H and O–H groups in total. The van der Waals surface area contributed by atoms with E-state index in [1.165, 1.54) is 12.8 Å². The van der Waals surface area contributed by atoms with Gasteiger partial charge in [-0.3, -0.25) is 0 Å². The van der Waals surface area contributed by atoms with Crippen LogP contribution in [0.25, 0.3) is 0 Å². The van der Waals surface area contributed by atoms with E-state index in [0.29, 0.717) is 5.92 Å². The maximum Gasteiger partial charge on any atom is 0.136 e. The largest absolute Gasteiger partial charge is 0.370 e. The third-order valence-electron chi connectivity index (χ3n) is 3.25. The van der Waals surface area contributed by atoms with Gasteiger partial charge in [-0.1, -0.05) is 6.92 Å². The van der Waals surface area contributed by atoms with Crippen LogP contribution in [-0.4, -0.2) is 42.1 Å². The standard InChI is InChI=1S/C14H24N4S/c1-4-7-15-12-10-13(18(2)8-9-19-3)17-14(16-12)11-5-6-11/h10-11H,4-9H2,1-3H3,(H,15,16,17). The lowest BCUT2D eigenvalue weighted by molar-refractivity contribution is 0.871. The molecule has 0 radical (unpaired) electrons. The topological polar surface area (TPSA) is 41.0 Å². The van der Waals surface area contributed by atoms with Crippen LogP contribution in [0.5, 0.6) is 0 Å². The number of nitrogens with zero attached hydrogens (tertiary/aromatic N) is 3. The van der Waals surface area contributed by atoms with Crippen molar-refractivity contribution >= 4 is 23.4 Å². The van der Waals surface area contributed by atoms with Gasteiger partial charge in [-0.15, -0.1) is 0 Å². The number of thioether (sulfide) groups is 1. The lowest BCUT2D eigenvalue weighted by Gasteiger charge is -2.19. The average Bonchev–Trinajstić information content (AvgIpc) is 3.26. The fourth-order valence-electron chi connectivity index (χ4n) is 1.86. The predicted octanol–water partition coefficient (Wildman–Crippen LogP) is 2.98. The van der Waals surface area contributed by atoms with Gasteiger partial charge in [0, 0.05) is 37.9 Å². The van der Waals surface area contributed by atoms with E-state index >= 15 is 0 Å². The summed E-state index contributed by atoms with van der Waals surface area (Å²) in [6.07, 6.45) is 5.73. The molecule has 0 amide bonds. The molecule has 0 aromatic carbocycles. The summed E-state index contributed by atoms with van der Waals surface area (Å²) in [5, 5.41) is 3.39. The molecule has 0 aliphatic heterocycles. The summed E-state index contributed by atoms with van der Waals surface area (Å²) in [7, 11) is 2.11. The molecule has 1 heterocycles. The molecule has 2 rings (SSSR count). The summed E-state index contributed by atoms with van der Waals surface area (Å²) >= 11 is 1.86. The summed E-state index contributed by atoms with van der Waals surface area (Å²) in [5.41, 5.74) is 0. The number of hydrogen-bond donors (Lipinski definition) is 1. The molecule has 1 fully saturated rings. The zero-order chi connectivity index (χ0) is 13.7. The highest BCUT2D eigenvalue weighted by atomic mass is 32.2. The van der Waals surface area contributed by atoms with Gasteiger partial charge in [0.25, 0.3) is 0 Å². The van der Waals surface area contributed by atoms with Crippen molar-refractivity contribution < 1.29 is 0 Å². The summed E-state index contributed by atoms with van der Waals surface area (Å²) in [6.45, 7) is 4.16. The molecular formula is C14H24N4S. The van der Waals surface area contributed by atoms with E-state index in [-0.39, 0.29) is 0 Å². The van der Waals surface area contributed by atoms with Crippen LogP contribution in [0.1, 0.15) is 37.9 Å². The van der Waals surface area contributed by atoms with Crippen molar-refractivity contribution in [3.63, 3.8) is 0 Å². The van der Waals surface area contributed by atoms with E-state index in [1.807, 2.05) is 11.8 Å². The SMILES string of the molecule is CCCNc1cc(N(C)CCSC)nc(C2CC2)n1. The van der Waals surface area contributed by atoms with Gasteiger partial charge in [-0.25, -0.2) is 9.97 Å². The Labute approximate surface area is 120 Å². The zero-order valence-corrected chi connectivity index (χ0v) is 13.0. The van der Waals surface area contributed by atoms with Crippen LogP contribution in [0.4, 0.5) is 11.6 Å². The van der Waals surface area contributed by atoms with E-state index in [9.17, 15) is 0 Å². The van der Waals surface area contributed by atoms with Gasteiger partial charge < -0.3 is 10.2 Å². The fraction of sp³-hybridized carbons (Fsp3) is 0.714.